The van der Waals surface area contributed by atoms with Gasteiger partial charge in [0, 0.05) is 0 Å². The summed E-state index contributed by atoms with van der Waals surface area (Å²) in [6.45, 7) is 14.7. The summed E-state index contributed by atoms with van der Waals surface area (Å²) < 4.78 is 12.1. The van der Waals surface area contributed by atoms with Crippen LogP contribution >= 0.6 is 0 Å². The molecule has 0 saturated carbocycles. The van der Waals surface area contributed by atoms with E-state index in [1.54, 1.807) is 0 Å². The summed E-state index contributed by atoms with van der Waals surface area (Å²) in [6.07, 6.45) is 0. The molecule has 0 bridgehead atoms. The maximum atomic E-state index is 6.19. The van der Waals surface area contributed by atoms with Crippen molar-refractivity contribution in [3.8, 4) is 16.9 Å². The van der Waals surface area contributed by atoms with Crippen molar-refractivity contribution in [2.24, 2.45) is 0 Å². The Bertz CT molecular complexity index is 937. The first-order valence-electron chi connectivity index (χ1n) is 10.0. The van der Waals surface area contributed by atoms with Crippen LogP contribution in [0.4, 0.5) is 0 Å². The van der Waals surface area contributed by atoms with Crippen LogP contribution in [-0.2, 0) is 4.43 Å². The highest BCUT2D eigenvalue weighted by atomic mass is 28.4. The van der Waals surface area contributed by atoms with Crippen molar-refractivity contribution in [3.05, 3.63) is 66.2 Å². The molecule has 28 heavy (non-hydrogen) atoms. The Morgan fingerprint density at radius 3 is 2.04 bits per heavy atom. The van der Waals surface area contributed by atoms with E-state index in [1.807, 2.05) is 6.07 Å². The van der Waals surface area contributed by atoms with Gasteiger partial charge in [-0.3, -0.25) is 0 Å². The summed E-state index contributed by atoms with van der Waals surface area (Å²) >= 11 is 0. The highest BCUT2D eigenvalue weighted by Gasteiger charge is 2.36. The second-order valence-corrected chi connectivity index (χ2v) is 13.9. The average molecular weight is 393 g/mol. The van der Waals surface area contributed by atoms with Gasteiger partial charge in [-0.2, -0.15) is 0 Å². The predicted molar refractivity (Wildman–Crippen MR) is 123 cm³/mol. The third-order valence-electron chi connectivity index (χ3n) is 5.82. The largest absolute Gasteiger partial charge is 0.491 e. The van der Waals surface area contributed by atoms with Gasteiger partial charge in [0.05, 0.1) is 6.61 Å². The van der Waals surface area contributed by atoms with Gasteiger partial charge < -0.3 is 9.16 Å². The van der Waals surface area contributed by atoms with Crippen molar-refractivity contribution in [1.29, 1.82) is 0 Å². The molecule has 0 amide bonds. The molecule has 3 rings (SSSR count). The van der Waals surface area contributed by atoms with Gasteiger partial charge in [0.25, 0.3) is 0 Å². The van der Waals surface area contributed by atoms with E-state index < -0.39 is 8.32 Å². The van der Waals surface area contributed by atoms with Crippen molar-refractivity contribution in [3.63, 3.8) is 0 Å². The topological polar surface area (TPSA) is 18.5 Å². The fourth-order valence-corrected chi connectivity index (χ4v) is 3.94. The molecule has 2 nitrogen and oxygen atoms in total. The standard InChI is InChI=1S/C25H32O2Si/c1-19-7-9-20(10-8-19)21-11-12-23-18-24(14-13-22(23)17-21)26-15-16-27-28(5,6)25(2,3)4/h7-14,17-18H,15-16H2,1-6H3. The molecule has 0 aliphatic carbocycles. The molecule has 0 aliphatic heterocycles. The highest BCUT2D eigenvalue weighted by molar-refractivity contribution is 6.74. The van der Waals surface area contributed by atoms with E-state index in [-0.39, 0.29) is 5.04 Å². The average Bonchev–Trinajstić information content (AvgIpc) is 2.64. The van der Waals surface area contributed by atoms with Gasteiger partial charge in [-0.1, -0.05) is 68.8 Å². The predicted octanol–water partition coefficient (Wildman–Crippen LogP) is 7.22. The molecule has 0 spiro atoms. The van der Waals surface area contributed by atoms with E-state index in [4.69, 9.17) is 9.16 Å². The summed E-state index contributed by atoms with van der Waals surface area (Å²) in [5, 5.41) is 2.65. The van der Waals surface area contributed by atoms with Gasteiger partial charge in [0.1, 0.15) is 12.4 Å². The molecule has 3 heteroatoms. The van der Waals surface area contributed by atoms with Crippen molar-refractivity contribution in [1.82, 2.24) is 0 Å². The third-order valence-corrected chi connectivity index (χ3v) is 10.4. The molecule has 0 N–H and O–H groups in total. The first-order chi connectivity index (χ1) is 13.2. The number of rotatable bonds is 6. The zero-order chi connectivity index (χ0) is 20.4. The molecule has 148 valence electrons. The number of ether oxygens (including phenoxy) is 1. The van der Waals surface area contributed by atoms with Gasteiger partial charge in [-0.05, 0) is 65.2 Å². The molecule has 3 aromatic carbocycles. The minimum absolute atomic E-state index is 0.227. The Morgan fingerprint density at radius 2 is 1.36 bits per heavy atom. The maximum absolute atomic E-state index is 6.19. The van der Waals surface area contributed by atoms with Crippen molar-refractivity contribution in [2.75, 3.05) is 13.2 Å². The number of aryl methyl sites for hydroxylation is 1. The lowest BCUT2D eigenvalue weighted by atomic mass is 10.0. The van der Waals surface area contributed by atoms with Crippen molar-refractivity contribution < 1.29 is 9.16 Å². The molecule has 0 saturated heterocycles. The second-order valence-electron chi connectivity index (χ2n) is 9.05. The number of hydrogen-bond donors (Lipinski definition) is 0. The molecule has 3 aromatic rings. The molecule has 0 unspecified atom stereocenters. The van der Waals surface area contributed by atoms with E-state index in [0.29, 0.717) is 13.2 Å². The maximum Gasteiger partial charge on any atom is 0.192 e. The van der Waals surface area contributed by atoms with Crippen LogP contribution in [0.1, 0.15) is 26.3 Å². The molecule has 0 atom stereocenters. The van der Waals surface area contributed by atoms with Crippen LogP contribution in [-0.4, -0.2) is 21.5 Å². The van der Waals surface area contributed by atoms with Gasteiger partial charge in [-0.25, -0.2) is 0 Å². The number of fused-ring (bicyclic) bond motifs is 1. The van der Waals surface area contributed by atoms with E-state index in [0.717, 1.165) is 5.75 Å². The molecular formula is C25H32O2Si. The summed E-state index contributed by atoms with van der Waals surface area (Å²) in [7, 11) is -1.71. The van der Waals surface area contributed by atoms with Crippen LogP contribution in [0.2, 0.25) is 18.1 Å². The van der Waals surface area contributed by atoms with Crippen LogP contribution in [0, 0.1) is 6.92 Å². The highest BCUT2D eigenvalue weighted by Crippen LogP contribution is 2.36. The zero-order valence-electron chi connectivity index (χ0n) is 18.0. The Balaban J connectivity index is 1.65. The summed E-state index contributed by atoms with van der Waals surface area (Å²) in [5.74, 6) is 0.898. The van der Waals surface area contributed by atoms with Gasteiger partial charge in [0.2, 0.25) is 0 Å². The summed E-state index contributed by atoms with van der Waals surface area (Å²) in [6, 6.07) is 21.5. The van der Waals surface area contributed by atoms with Crippen LogP contribution in [0.5, 0.6) is 5.75 Å². The Labute approximate surface area is 170 Å². The molecular weight excluding hydrogens is 360 g/mol. The lowest BCUT2D eigenvalue weighted by molar-refractivity contribution is 0.203. The lowest BCUT2D eigenvalue weighted by Gasteiger charge is -2.36. The minimum atomic E-state index is -1.71. The molecule has 0 aliphatic rings. The lowest BCUT2D eigenvalue weighted by Crippen LogP contribution is -2.41. The summed E-state index contributed by atoms with van der Waals surface area (Å²) in [4.78, 5) is 0. The van der Waals surface area contributed by atoms with Crippen LogP contribution in [0.3, 0.4) is 0 Å². The molecule has 0 aromatic heterocycles. The molecule has 0 fully saturated rings. The first-order valence-corrected chi connectivity index (χ1v) is 12.9. The van der Waals surface area contributed by atoms with Gasteiger partial charge in [-0.15, -0.1) is 0 Å². The minimum Gasteiger partial charge on any atom is -0.491 e. The smallest absolute Gasteiger partial charge is 0.192 e. The first kappa shape index (κ1) is 20.6. The monoisotopic (exact) mass is 392 g/mol. The quantitative estimate of drug-likeness (QED) is 0.326. The van der Waals surface area contributed by atoms with E-state index in [9.17, 15) is 0 Å². The number of hydrogen-bond acceptors (Lipinski definition) is 2. The Kier molecular flexibility index (Phi) is 5.97. The third kappa shape index (κ3) is 4.84. The second kappa shape index (κ2) is 8.10. The Morgan fingerprint density at radius 1 is 0.750 bits per heavy atom. The SMILES string of the molecule is Cc1ccc(-c2ccc3cc(OCCO[Si](C)(C)C(C)(C)C)ccc3c2)cc1. The Hall–Kier alpha value is -2.10. The van der Waals surface area contributed by atoms with Crippen LogP contribution < -0.4 is 4.74 Å². The van der Waals surface area contributed by atoms with Gasteiger partial charge in [0.15, 0.2) is 8.32 Å². The fraction of sp³-hybridized carbons (Fsp3) is 0.360. The van der Waals surface area contributed by atoms with E-state index >= 15 is 0 Å². The van der Waals surface area contributed by atoms with E-state index in [1.165, 1.54) is 27.5 Å². The van der Waals surface area contributed by atoms with Crippen LogP contribution in [0.15, 0.2) is 60.7 Å². The molecule has 0 heterocycles. The van der Waals surface area contributed by atoms with Crippen molar-refractivity contribution >= 4 is 19.1 Å². The summed E-state index contributed by atoms with van der Waals surface area (Å²) in [5.41, 5.74) is 3.77. The van der Waals surface area contributed by atoms with E-state index in [2.05, 4.69) is 95.4 Å². The zero-order valence-corrected chi connectivity index (χ0v) is 19.0. The fourth-order valence-electron chi connectivity index (χ4n) is 2.91. The van der Waals surface area contributed by atoms with Crippen molar-refractivity contribution in [2.45, 2.75) is 45.8 Å². The van der Waals surface area contributed by atoms with Gasteiger partial charge >= 0.3 is 0 Å². The number of benzene rings is 3. The molecule has 0 radical (unpaired) electrons. The van der Waals surface area contributed by atoms with Crippen LogP contribution in [0.25, 0.3) is 21.9 Å². The normalized spacial score (nSPS) is 12.4.